The number of anilines is 1. The first kappa shape index (κ1) is 9.80. The van der Waals surface area contributed by atoms with Gasteiger partial charge < -0.3 is 10.5 Å². The molecule has 0 unspecified atom stereocenters. The van der Waals surface area contributed by atoms with Gasteiger partial charge in [-0.25, -0.2) is 4.98 Å². The topological polar surface area (TPSA) is 48.1 Å². The van der Waals surface area contributed by atoms with Crippen LogP contribution in [-0.4, -0.2) is 4.98 Å². The largest absolute Gasteiger partial charge is 0.456 e. The van der Waals surface area contributed by atoms with E-state index in [0.717, 1.165) is 0 Å². The van der Waals surface area contributed by atoms with Crippen molar-refractivity contribution in [1.82, 2.24) is 4.98 Å². The average Bonchev–Trinajstić information content (AvgIpc) is 2.22. The van der Waals surface area contributed by atoms with Crippen LogP contribution in [0.25, 0.3) is 0 Å². The first-order valence-corrected chi connectivity index (χ1v) is 4.69. The monoisotopic (exact) mass is 219 g/mol. The number of aromatic nitrogens is 1. The Labute approximate surface area is 92.5 Å². The van der Waals surface area contributed by atoms with Crippen LogP contribution in [0.5, 0.6) is 11.5 Å². The van der Waals surface area contributed by atoms with Crippen molar-refractivity contribution in [2.75, 3.05) is 5.73 Å². The van der Waals surface area contributed by atoms with Crippen LogP contribution in [0.15, 0.2) is 36.5 Å². The number of hydrogen-bond donors (Lipinski definition) is 1. The van der Waals surface area contributed by atoms with E-state index in [1.165, 1.54) is 0 Å². The summed E-state index contributed by atoms with van der Waals surface area (Å²) in [7, 11) is 0. The Kier molecular flexibility index (Phi) is 2.74. The molecule has 2 N–H and O–H groups in total. The van der Waals surface area contributed by atoms with Gasteiger partial charge in [0, 0.05) is 18.3 Å². The normalized spacial score (nSPS) is 9.93. The number of nitrogen functional groups attached to an aromatic ring is 1. The molecular weight excluding hydrogens is 212 g/mol. The van der Waals surface area contributed by atoms with Crippen molar-refractivity contribution in [2.45, 2.75) is 0 Å². The van der Waals surface area contributed by atoms with Crippen molar-refractivity contribution < 1.29 is 4.74 Å². The number of halogens is 1. The molecule has 0 spiro atoms. The molecule has 0 fully saturated rings. The van der Waals surface area contributed by atoms with Crippen LogP contribution >= 0.6 is 11.6 Å². The Balaban J connectivity index is 2.26. The molecule has 0 bridgehead atoms. The van der Waals surface area contributed by atoms with Crippen LogP contribution in [0.4, 0.5) is 5.82 Å². The Hall–Kier alpha value is -1.74. The third kappa shape index (κ3) is 2.39. The summed E-state index contributed by atoms with van der Waals surface area (Å²) < 4.78 is 5.51. The lowest BCUT2D eigenvalue weighted by molar-refractivity contribution is 0.482. The molecule has 0 saturated carbocycles. The van der Waals surface area contributed by atoms with E-state index in [0.29, 0.717) is 22.3 Å². The molecule has 0 aliphatic heterocycles. The van der Waals surface area contributed by atoms with Crippen LogP contribution in [-0.2, 0) is 0 Å². The average molecular weight is 220 g/mol. The number of nitrogens with zero attached hydrogens (tertiary/aromatic N) is 1. The van der Waals surface area contributed by atoms with Gasteiger partial charge in [-0.1, -0.05) is 23.7 Å². The van der Waals surface area contributed by atoms with Crippen molar-refractivity contribution >= 4 is 17.4 Å². The molecule has 0 atom stereocenters. The second-order valence-corrected chi connectivity index (χ2v) is 3.24. The summed E-state index contributed by atoms with van der Waals surface area (Å²) in [6.07, 6.45) is 1.57. The van der Waals surface area contributed by atoms with Gasteiger partial charge in [0.1, 0.15) is 17.3 Å². The molecule has 4 heteroatoms. The summed E-state index contributed by atoms with van der Waals surface area (Å²) in [6, 6.07) is 11.4. The molecule has 2 rings (SSSR count). The van der Waals surface area contributed by atoms with E-state index in [9.17, 15) is 0 Å². The van der Waals surface area contributed by atoms with Gasteiger partial charge in [0.15, 0.2) is 0 Å². The molecule has 1 heterocycles. The summed E-state index contributed by atoms with van der Waals surface area (Å²) in [5.41, 5.74) is 5.52. The summed E-state index contributed by atoms with van der Waals surface area (Å²) in [6.45, 7) is 0. The molecule has 0 saturated heterocycles. The number of ether oxygens (including phenoxy) is 1. The molecule has 1 radical (unpaired) electrons. The third-order valence-corrected chi connectivity index (χ3v) is 2.05. The van der Waals surface area contributed by atoms with E-state index < -0.39 is 0 Å². The minimum absolute atomic E-state index is 0.406. The SMILES string of the molecule is Nc1cc(Oc2ccc[c]c2Cl)ccn1. The van der Waals surface area contributed by atoms with Gasteiger partial charge in [-0.15, -0.1) is 0 Å². The van der Waals surface area contributed by atoms with Crippen molar-refractivity contribution in [2.24, 2.45) is 0 Å². The van der Waals surface area contributed by atoms with Crippen LogP contribution in [0.1, 0.15) is 0 Å². The Morgan fingerprint density at radius 2 is 2.27 bits per heavy atom. The van der Waals surface area contributed by atoms with Crippen molar-refractivity contribution in [3.8, 4) is 11.5 Å². The zero-order chi connectivity index (χ0) is 10.7. The smallest absolute Gasteiger partial charge is 0.146 e. The second-order valence-electron chi connectivity index (χ2n) is 2.87. The summed E-state index contributed by atoms with van der Waals surface area (Å²) in [4.78, 5) is 3.86. The lowest BCUT2D eigenvalue weighted by Crippen LogP contribution is -1.91. The highest BCUT2D eigenvalue weighted by Crippen LogP contribution is 2.28. The molecule has 0 aliphatic rings. The zero-order valence-electron chi connectivity index (χ0n) is 7.77. The van der Waals surface area contributed by atoms with Gasteiger partial charge in [0.05, 0.1) is 5.02 Å². The lowest BCUT2D eigenvalue weighted by atomic mass is 10.3. The minimum Gasteiger partial charge on any atom is -0.456 e. The summed E-state index contributed by atoms with van der Waals surface area (Å²) in [5, 5.41) is 0.438. The van der Waals surface area contributed by atoms with Gasteiger partial charge >= 0.3 is 0 Å². The number of pyridine rings is 1. The molecule has 1 aromatic heterocycles. The van der Waals surface area contributed by atoms with Gasteiger partial charge in [-0.2, -0.15) is 0 Å². The van der Waals surface area contributed by atoms with Crippen molar-refractivity contribution in [1.29, 1.82) is 0 Å². The number of nitrogens with two attached hydrogens (primary N) is 1. The molecule has 1 aromatic carbocycles. The first-order valence-electron chi connectivity index (χ1n) is 4.31. The summed E-state index contributed by atoms with van der Waals surface area (Å²) >= 11 is 5.89. The fourth-order valence-electron chi connectivity index (χ4n) is 1.10. The second kappa shape index (κ2) is 4.19. The number of rotatable bonds is 2. The highest BCUT2D eigenvalue weighted by atomic mass is 35.5. The zero-order valence-corrected chi connectivity index (χ0v) is 8.53. The fraction of sp³-hybridized carbons (Fsp3) is 0. The van der Waals surface area contributed by atoms with E-state index in [1.807, 2.05) is 0 Å². The highest BCUT2D eigenvalue weighted by Gasteiger charge is 2.02. The standard InChI is InChI=1S/C11H8ClN2O/c12-9-3-1-2-4-10(9)15-8-5-6-14-11(13)7-8/h1-2,4-7H,(H2,13,14). The predicted molar refractivity (Wildman–Crippen MR) is 59.0 cm³/mol. The number of hydrogen-bond acceptors (Lipinski definition) is 3. The maximum absolute atomic E-state index is 5.89. The minimum atomic E-state index is 0.406. The Bertz CT molecular complexity index is 474. The van der Waals surface area contributed by atoms with Gasteiger partial charge in [0.25, 0.3) is 0 Å². The van der Waals surface area contributed by atoms with E-state index >= 15 is 0 Å². The Morgan fingerprint density at radius 3 is 3.00 bits per heavy atom. The quantitative estimate of drug-likeness (QED) is 0.845. The molecular formula is C11H8ClN2O. The van der Waals surface area contributed by atoms with Crippen molar-refractivity contribution in [3.63, 3.8) is 0 Å². The van der Waals surface area contributed by atoms with E-state index in [4.69, 9.17) is 22.1 Å². The summed E-state index contributed by atoms with van der Waals surface area (Å²) in [5.74, 6) is 1.55. The maximum atomic E-state index is 5.89. The van der Waals surface area contributed by atoms with Crippen LogP contribution < -0.4 is 10.5 Å². The molecule has 75 valence electrons. The fourth-order valence-corrected chi connectivity index (χ4v) is 1.26. The van der Waals surface area contributed by atoms with Crippen LogP contribution in [0, 0.1) is 6.07 Å². The van der Waals surface area contributed by atoms with Gasteiger partial charge in [-0.3, -0.25) is 0 Å². The Morgan fingerprint density at radius 1 is 1.40 bits per heavy atom. The highest BCUT2D eigenvalue weighted by molar-refractivity contribution is 6.31. The van der Waals surface area contributed by atoms with Gasteiger partial charge in [0.2, 0.25) is 0 Å². The van der Waals surface area contributed by atoms with E-state index in [-0.39, 0.29) is 0 Å². The van der Waals surface area contributed by atoms with Crippen molar-refractivity contribution in [3.05, 3.63) is 47.6 Å². The molecule has 0 amide bonds. The number of benzene rings is 1. The molecule has 0 aliphatic carbocycles. The van der Waals surface area contributed by atoms with Crippen LogP contribution in [0.2, 0.25) is 5.02 Å². The molecule has 2 aromatic rings. The molecule has 3 nitrogen and oxygen atoms in total. The van der Waals surface area contributed by atoms with Crippen LogP contribution in [0.3, 0.4) is 0 Å². The molecule has 15 heavy (non-hydrogen) atoms. The van der Waals surface area contributed by atoms with E-state index in [1.54, 1.807) is 36.5 Å². The maximum Gasteiger partial charge on any atom is 0.146 e. The third-order valence-electron chi connectivity index (χ3n) is 1.75. The first-order chi connectivity index (χ1) is 7.25. The predicted octanol–water partition coefficient (Wildman–Crippen LogP) is 2.91. The van der Waals surface area contributed by atoms with E-state index in [2.05, 4.69) is 11.1 Å². The van der Waals surface area contributed by atoms with Gasteiger partial charge in [-0.05, 0) is 12.1 Å². The lowest BCUT2D eigenvalue weighted by Gasteiger charge is -2.06.